The smallest absolute Gasteiger partial charge is 0.407 e. The molecular formula is C19H21NO6. The number of hydrogen-bond acceptors (Lipinski definition) is 5. The highest BCUT2D eigenvalue weighted by Gasteiger charge is 2.20. The maximum atomic E-state index is 12.1. The summed E-state index contributed by atoms with van der Waals surface area (Å²) in [6, 6.07) is 13.4. The van der Waals surface area contributed by atoms with Gasteiger partial charge in [-0.25, -0.2) is 4.79 Å². The molecule has 0 aliphatic carbocycles. The Hall–Kier alpha value is -3.22. The van der Waals surface area contributed by atoms with E-state index in [1.165, 1.54) is 14.2 Å². The molecule has 7 nitrogen and oxygen atoms in total. The van der Waals surface area contributed by atoms with Gasteiger partial charge in [-0.3, -0.25) is 4.79 Å². The van der Waals surface area contributed by atoms with Gasteiger partial charge in [0, 0.05) is 0 Å². The van der Waals surface area contributed by atoms with E-state index in [0.717, 1.165) is 5.56 Å². The number of carboxylic acid groups (broad SMARTS) is 1. The van der Waals surface area contributed by atoms with Crippen LogP contribution in [0.15, 0.2) is 48.5 Å². The predicted octanol–water partition coefficient (Wildman–Crippen LogP) is 3.15. The molecule has 0 radical (unpaired) electrons. The summed E-state index contributed by atoms with van der Waals surface area (Å²) in [5.74, 6) is -0.0926. The second kappa shape index (κ2) is 9.31. The van der Waals surface area contributed by atoms with E-state index in [4.69, 9.17) is 19.3 Å². The lowest BCUT2D eigenvalue weighted by molar-refractivity contribution is -0.137. The fraction of sp³-hybridized carbons (Fsp3) is 0.263. The molecule has 138 valence electrons. The molecule has 0 aliphatic heterocycles. The van der Waals surface area contributed by atoms with Gasteiger partial charge in [-0.15, -0.1) is 0 Å². The molecule has 26 heavy (non-hydrogen) atoms. The molecule has 2 rings (SSSR count). The van der Waals surface area contributed by atoms with Crippen molar-refractivity contribution >= 4 is 12.1 Å². The first kappa shape index (κ1) is 19.1. The number of rotatable bonds is 8. The van der Waals surface area contributed by atoms with E-state index in [-0.39, 0.29) is 13.0 Å². The van der Waals surface area contributed by atoms with Crippen LogP contribution >= 0.6 is 0 Å². The zero-order chi connectivity index (χ0) is 18.9. The van der Waals surface area contributed by atoms with E-state index >= 15 is 0 Å². The summed E-state index contributed by atoms with van der Waals surface area (Å²) in [6.07, 6.45) is -0.995. The van der Waals surface area contributed by atoms with Crippen molar-refractivity contribution in [3.8, 4) is 11.5 Å². The third-order valence-corrected chi connectivity index (χ3v) is 3.69. The molecule has 2 aromatic carbocycles. The summed E-state index contributed by atoms with van der Waals surface area (Å²) < 4.78 is 15.6. The molecule has 0 saturated carbocycles. The van der Waals surface area contributed by atoms with Crippen molar-refractivity contribution in [2.24, 2.45) is 0 Å². The Labute approximate surface area is 151 Å². The first-order valence-corrected chi connectivity index (χ1v) is 7.94. The molecule has 0 saturated heterocycles. The average Bonchev–Trinajstić information content (AvgIpc) is 2.65. The molecule has 0 heterocycles. The zero-order valence-electron chi connectivity index (χ0n) is 14.6. The summed E-state index contributed by atoms with van der Waals surface area (Å²) in [4.78, 5) is 23.3. The van der Waals surface area contributed by atoms with Crippen LogP contribution < -0.4 is 14.8 Å². The Morgan fingerprint density at radius 1 is 1.04 bits per heavy atom. The van der Waals surface area contributed by atoms with Crippen LogP contribution in [0.4, 0.5) is 4.79 Å². The molecule has 1 atom stereocenters. The minimum atomic E-state index is -1.05. The number of aliphatic carboxylic acids is 1. The number of methoxy groups -OCH3 is 2. The molecule has 0 spiro atoms. The predicted molar refractivity (Wildman–Crippen MR) is 94.3 cm³/mol. The summed E-state index contributed by atoms with van der Waals surface area (Å²) in [5.41, 5.74) is 1.41. The number of ether oxygens (including phenoxy) is 3. The number of carbonyl (C=O) groups is 2. The molecule has 1 amide bonds. The van der Waals surface area contributed by atoms with Crippen molar-refractivity contribution < 1.29 is 28.9 Å². The second-order valence-corrected chi connectivity index (χ2v) is 5.47. The highest BCUT2D eigenvalue weighted by atomic mass is 16.5. The molecule has 0 aromatic heterocycles. The van der Waals surface area contributed by atoms with Gasteiger partial charge in [-0.1, -0.05) is 36.4 Å². The number of alkyl carbamates (subject to hydrolysis) is 1. The van der Waals surface area contributed by atoms with Gasteiger partial charge in [0.25, 0.3) is 0 Å². The van der Waals surface area contributed by atoms with Gasteiger partial charge in [0.2, 0.25) is 0 Å². The van der Waals surface area contributed by atoms with Gasteiger partial charge in [-0.05, 0) is 23.3 Å². The molecule has 7 heteroatoms. The van der Waals surface area contributed by atoms with Gasteiger partial charge in [0.15, 0.2) is 11.5 Å². The van der Waals surface area contributed by atoms with E-state index in [0.29, 0.717) is 17.1 Å². The summed E-state index contributed by atoms with van der Waals surface area (Å²) >= 11 is 0. The summed E-state index contributed by atoms with van der Waals surface area (Å²) in [5, 5.41) is 11.7. The minimum Gasteiger partial charge on any atom is -0.493 e. The van der Waals surface area contributed by atoms with Gasteiger partial charge < -0.3 is 24.6 Å². The monoisotopic (exact) mass is 359 g/mol. The highest BCUT2D eigenvalue weighted by Crippen LogP contribution is 2.31. The first-order valence-electron chi connectivity index (χ1n) is 7.94. The normalized spacial score (nSPS) is 11.3. The van der Waals surface area contributed by atoms with Gasteiger partial charge in [0.1, 0.15) is 6.61 Å². The van der Waals surface area contributed by atoms with E-state index in [2.05, 4.69) is 5.32 Å². The van der Waals surface area contributed by atoms with Gasteiger partial charge in [0.05, 0.1) is 26.7 Å². The first-order chi connectivity index (χ1) is 12.5. The second-order valence-electron chi connectivity index (χ2n) is 5.47. The van der Waals surface area contributed by atoms with Crippen molar-refractivity contribution in [1.29, 1.82) is 0 Å². The standard InChI is InChI=1S/C19H21NO6/c1-24-16-9-8-14(10-17(16)25-2)15(11-18(21)22)20-19(23)26-12-13-6-4-3-5-7-13/h3-10,15H,11-12H2,1-2H3,(H,20,23)(H,21,22)/t15-/m0/s1. The molecule has 0 unspecified atom stereocenters. The molecule has 2 aromatic rings. The van der Waals surface area contributed by atoms with Crippen molar-refractivity contribution in [3.63, 3.8) is 0 Å². The number of carbonyl (C=O) groups excluding carboxylic acids is 1. The van der Waals surface area contributed by atoms with Crippen LogP contribution in [0.1, 0.15) is 23.6 Å². The lowest BCUT2D eigenvalue weighted by Gasteiger charge is -2.19. The molecule has 0 bridgehead atoms. The lowest BCUT2D eigenvalue weighted by Crippen LogP contribution is -2.30. The Morgan fingerprint density at radius 3 is 2.35 bits per heavy atom. The number of nitrogens with one attached hydrogen (secondary N) is 1. The van der Waals surface area contributed by atoms with Crippen molar-refractivity contribution in [2.75, 3.05) is 14.2 Å². The van der Waals surface area contributed by atoms with Crippen LogP contribution in [0.25, 0.3) is 0 Å². The van der Waals surface area contributed by atoms with E-state index in [1.54, 1.807) is 18.2 Å². The average molecular weight is 359 g/mol. The summed E-state index contributed by atoms with van der Waals surface area (Å²) in [7, 11) is 2.99. The molecule has 0 fully saturated rings. The quantitative estimate of drug-likeness (QED) is 0.752. The number of carboxylic acids is 1. The lowest BCUT2D eigenvalue weighted by atomic mass is 10.0. The maximum Gasteiger partial charge on any atom is 0.407 e. The largest absolute Gasteiger partial charge is 0.493 e. The highest BCUT2D eigenvalue weighted by molar-refractivity contribution is 5.72. The van der Waals surface area contributed by atoms with Crippen molar-refractivity contribution in [2.45, 2.75) is 19.1 Å². The molecule has 2 N–H and O–H groups in total. The van der Waals surface area contributed by atoms with Crippen LogP contribution in [-0.4, -0.2) is 31.4 Å². The fourth-order valence-electron chi connectivity index (χ4n) is 2.40. The zero-order valence-corrected chi connectivity index (χ0v) is 14.6. The van der Waals surface area contributed by atoms with Crippen LogP contribution in [0.3, 0.4) is 0 Å². The topological polar surface area (TPSA) is 94.1 Å². The van der Waals surface area contributed by atoms with Crippen LogP contribution in [-0.2, 0) is 16.1 Å². The maximum absolute atomic E-state index is 12.1. The van der Waals surface area contributed by atoms with E-state index < -0.39 is 18.1 Å². The molecular weight excluding hydrogens is 338 g/mol. The van der Waals surface area contributed by atoms with E-state index in [1.807, 2.05) is 30.3 Å². The number of benzene rings is 2. The van der Waals surface area contributed by atoms with Crippen molar-refractivity contribution in [1.82, 2.24) is 5.32 Å². The van der Waals surface area contributed by atoms with Crippen LogP contribution in [0.2, 0.25) is 0 Å². The number of amides is 1. The summed E-state index contributed by atoms with van der Waals surface area (Å²) in [6.45, 7) is 0.0956. The van der Waals surface area contributed by atoms with Gasteiger partial charge in [-0.2, -0.15) is 0 Å². The minimum absolute atomic E-state index is 0.0956. The Bertz CT molecular complexity index is 747. The fourth-order valence-corrected chi connectivity index (χ4v) is 2.40. The number of hydrogen-bond donors (Lipinski definition) is 2. The Kier molecular flexibility index (Phi) is 6.84. The van der Waals surface area contributed by atoms with Gasteiger partial charge >= 0.3 is 12.1 Å². The molecule has 0 aliphatic rings. The van der Waals surface area contributed by atoms with Crippen molar-refractivity contribution in [3.05, 3.63) is 59.7 Å². The third kappa shape index (κ3) is 5.41. The Morgan fingerprint density at radius 2 is 1.73 bits per heavy atom. The van der Waals surface area contributed by atoms with E-state index in [9.17, 15) is 9.59 Å². The SMILES string of the molecule is COc1ccc([C@H](CC(=O)O)NC(=O)OCc2ccccc2)cc1OC. The third-order valence-electron chi connectivity index (χ3n) is 3.69. The van der Waals surface area contributed by atoms with Crippen LogP contribution in [0, 0.1) is 0 Å². The van der Waals surface area contributed by atoms with Crippen LogP contribution in [0.5, 0.6) is 11.5 Å². The Balaban J connectivity index is 2.09.